The van der Waals surface area contributed by atoms with E-state index >= 15 is 0 Å². The van der Waals surface area contributed by atoms with Crippen LogP contribution in [0.25, 0.3) is 0 Å². The lowest BCUT2D eigenvalue weighted by molar-refractivity contribution is -0.161. The van der Waals surface area contributed by atoms with Crippen molar-refractivity contribution in [2.45, 2.75) is 180 Å². The average Bonchev–Trinajstić information content (AvgIpc) is 3.34. The molecule has 0 aromatic carbocycles. The molecule has 1 fully saturated rings. The first-order valence-corrected chi connectivity index (χ1v) is 21.1. The Labute approximate surface area is 306 Å². The first-order chi connectivity index (χ1) is 24.2. The quantitative estimate of drug-likeness (QED) is 0.0214. The highest BCUT2D eigenvalue weighted by Gasteiger charge is 2.41. The van der Waals surface area contributed by atoms with Gasteiger partial charge in [0.1, 0.15) is 12.4 Å². The Bertz CT molecular complexity index is 1030. The number of hydrogen-bond acceptors (Lipinski definition) is 10. The first kappa shape index (κ1) is 47.4. The molecular weight excluding hydrogens is 679 g/mol. The molecule has 1 unspecified atom stereocenters. The van der Waals surface area contributed by atoms with Crippen molar-refractivity contribution in [3.63, 3.8) is 0 Å². The van der Waals surface area contributed by atoms with E-state index in [9.17, 15) is 34.3 Å². The predicted molar refractivity (Wildman–Crippen MR) is 195 cm³/mol. The third-order valence-electron chi connectivity index (χ3n) is 9.81. The van der Waals surface area contributed by atoms with Gasteiger partial charge < -0.3 is 34.6 Å². The van der Waals surface area contributed by atoms with Gasteiger partial charge >= 0.3 is 19.8 Å². The highest BCUT2D eigenvalue weighted by atomic mass is 31.2. The second kappa shape index (κ2) is 27.9. The largest absolute Gasteiger partial charge is 0.469 e. The van der Waals surface area contributed by atoms with Gasteiger partial charge in [0, 0.05) is 43.9 Å². The van der Waals surface area contributed by atoms with Gasteiger partial charge in [-0.2, -0.15) is 0 Å². The summed E-state index contributed by atoms with van der Waals surface area (Å²) in [5, 5.41) is 31.1. The molecular formula is C38H69O12P. The van der Waals surface area contributed by atoms with E-state index < -0.39 is 69.2 Å². The molecule has 13 heteroatoms. The summed E-state index contributed by atoms with van der Waals surface area (Å²) in [5.74, 6) is -1.37. The zero-order valence-corrected chi connectivity index (χ0v) is 32.4. The van der Waals surface area contributed by atoms with Crippen LogP contribution in [-0.4, -0.2) is 80.5 Å². The molecule has 0 spiro atoms. The van der Waals surface area contributed by atoms with Gasteiger partial charge in [0.05, 0.1) is 24.9 Å². The van der Waals surface area contributed by atoms with Gasteiger partial charge in [0.25, 0.3) is 0 Å². The molecule has 1 rings (SSSR count). The van der Waals surface area contributed by atoms with Crippen LogP contribution in [0, 0.1) is 17.8 Å². The molecule has 0 aromatic rings. The molecule has 1 saturated carbocycles. The number of phosphoric acid groups is 1. The molecule has 0 amide bonds. The monoisotopic (exact) mass is 748 g/mol. The summed E-state index contributed by atoms with van der Waals surface area (Å²) in [6.45, 7) is 5.54. The van der Waals surface area contributed by atoms with E-state index in [1.54, 1.807) is 12.2 Å². The van der Waals surface area contributed by atoms with Gasteiger partial charge in [-0.05, 0) is 31.6 Å². The van der Waals surface area contributed by atoms with Crippen LogP contribution in [0.4, 0.5) is 0 Å². The van der Waals surface area contributed by atoms with Gasteiger partial charge in [0.15, 0.2) is 6.10 Å². The number of carbonyl (C=O) groups excluding carboxylic acids is 3. The molecule has 0 heterocycles. The van der Waals surface area contributed by atoms with E-state index in [0.29, 0.717) is 25.7 Å². The zero-order valence-electron chi connectivity index (χ0n) is 31.5. The predicted octanol–water partition coefficient (Wildman–Crippen LogP) is 6.87. The zero-order chi connectivity index (χ0) is 38.1. The van der Waals surface area contributed by atoms with Crippen molar-refractivity contribution >= 4 is 25.5 Å². The number of hydrogen-bond donors (Lipinski definition) is 5. The standard InChI is InChI=1S/C38H69O12P/c1-4-6-13-19-30(39)23-24-33-34(36(42)26-35(33)41)25-31(40)20-16-17-21-37(43)48-27-32(28-49-51(45,46)47)50-38(44)22-15-12-10-8-7-9-11-14-18-29(3)5-2/h23-24,29-30,32-36,39,41-42H,4-22,25-28H2,1-3H3,(H2,45,46,47)/b24-23+/t29?,30-,32+,33+,34+,35+,36-/m0/s1. The Morgan fingerprint density at radius 2 is 1.37 bits per heavy atom. The second-order valence-electron chi connectivity index (χ2n) is 14.5. The molecule has 0 aromatic heterocycles. The number of Topliss-reactive ketones (excluding diaryl/α,β-unsaturated/α-hetero) is 1. The summed E-state index contributed by atoms with van der Waals surface area (Å²) < 4.78 is 26.2. The van der Waals surface area contributed by atoms with Gasteiger partial charge in [-0.3, -0.25) is 18.9 Å². The Hall–Kier alpha value is -1.66. The molecule has 0 saturated heterocycles. The van der Waals surface area contributed by atoms with E-state index in [1.165, 1.54) is 38.5 Å². The van der Waals surface area contributed by atoms with Crippen molar-refractivity contribution < 1.29 is 58.1 Å². The number of aliphatic hydroxyl groups is 3. The van der Waals surface area contributed by atoms with Crippen molar-refractivity contribution in [2.24, 2.45) is 17.8 Å². The van der Waals surface area contributed by atoms with Crippen molar-refractivity contribution in [3.05, 3.63) is 12.2 Å². The fraction of sp³-hybridized carbons (Fsp3) is 0.868. The van der Waals surface area contributed by atoms with Crippen LogP contribution in [0.5, 0.6) is 0 Å². The number of ether oxygens (including phenoxy) is 2. The number of aliphatic hydroxyl groups excluding tert-OH is 3. The SMILES string of the molecule is CCCCC[C@H](O)/C=C/[C@@H]1[C@@H](CC(=O)CCCCC(=O)OC[C@H](COP(=O)(O)O)OC(=O)CCCCCCCCCCC(C)CC)[C@@H](O)C[C@H]1O. The Kier molecular flexibility index (Phi) is 25.9. The third-order valence-corrected chi connectivity index (χ3v) is 10.3. The fourth-order valence-electron chi connectivity index (χ4n) is 6.40. The smallest absolute Gasteiger partial charge is 0.462 e. The average molecular weight is 749 g/mol. The molecule has 1 aliphatic carbocycles. The van der Waals surface area contributed by atoms with Crippen LogP contribution in [0.2, 0.25) is 0 Å². The van der Waals surface area contributed by atoms with Gasteiger partial charge in [-0.15, -0.1) is 0 Å². The molecule has 298 valence electrons. The normalized spacial score (nSPS) is 21.1. The molecule has 1 aliphatic rings. The maximum atomic E-state index is 12.7. The summed E-state index contributed by atoms with van der Waals surface area (Å²) in [6, 6.07) is 0. The van der Waals surface area contributed by atoms with Gasteiger partial charge in [-0.1, -0.05) is 110 Å². The maximum absolute atomic E-state index is 12.7. The minimum absolute atomic E-state index is 0.0167. The van der Waals surface area contributed by atoms with Crippen LogP contribution in [0.15, 0.2) is 12.2 Å². The Balaban J connectivity index is 2.37. The molecule has 7 atom stereocenters. The Morgan fingerprint density at radius 3 is 2.02 bits per heavy atom. The van der Waals surface area contributed by atoms with E-state index in [0.717, 1.165) is 44.4 Å². The van der Waals surface area contributed by atoms with Crippen molar-refractivity contribution in [1.29, 1.82) is 0 Å². The topological polar surface area (TPSA) is 197 Å². The summed E-state index contributed by atoms with van der Waals surface area (Å²) in [5.41, 5.74) is 0. The number of ketones is 1. The highest BCUT2D eigenvalue weighted by Crippen LogP contribution is 2.37. The van der Waals surface area contributed by atoms with Crippen LogP contribution in [0.3, 0.4) is 0 Å². The maximum Gasteiger partial charge on any atom is 0.469 e. The van der Waals surface area contributed by atoms with Crippen LogP contribution >= 0.6 is 7.82 Å². The lowest BCUT2D eigenvalue weighted by atomic mass is 9.87. The highest BCUT2D eigenvalue weighted by molar-refractivity contribution is 7.46. The van der Waals surface area contributed by atoms with Crippen molar-refractivity contribution in [3.8, 4) is 0 Å². The van der Waals surface area contributed by atoms with Crippen LogP contribution in [0.1, 0.15) is 156 Å². The lowest BCUT2D eigenvalue weighted by Gasteiger charge is -2.20. The summed E-state index contributed by atoms with van der Waals surface area (Å²) >= 11 is 0. The Morgan fingerprint density at radius 1 is 0.784 bits per heavy atom. The molecule has 5 N–H and O–H groups in total. The van der Waals surface area contributed by atoms with Crippen LogP contribution < -0.4 is 0 Å². The molecule has 51 heavy (non-hydrogen) atoms. The minimum Gasteiger partial charge on any atom is -0.462 e. The van der Waals surface area contributed by atoms with E-state index in [1.807, 2.05) is 0 Å². The summed E-state index contributed by atoms with van der Waals surface area (Å²) in [6.07, 6.45) is 15.8. The van der Waals surface area contributed by atoms with Crippen molar-refractivity contribution in [2.75, 3.05) is 13.2 Å². The number of esters is 2. The van der Waals surface area contributed by atoms with Crippen molar-refractivity contribution in [1.82, 2.24) is 0 Å². The van der Waals surface area contributed by atoms with Crippen LogP contribution in [-0.2, 0) is 32.9 Å². The fourth-order valence-corrected chi connectivity index (χ4v) is 6.76. The summed E-state index contributed by atoms with van der Waals surface area (Å²) in [7, 11) is -4.84. The molecule has 12 nitrogen and oxygen atoms in total. The number of unbranched alkanes of at least 4 members (excludes halogenated alkanes) is 10. The van der Waals surface area contributed by atoms with Gasteiger partial charge in [0.2, 0.25) is 0 Å². The van der Waals surface area contributed by atoms with Gasteiger partial charge in [-0.25, -0.2) is 4.57 Å². The summed E-state index contributed by atoms with van der Waals surface area (Å²) in [4.78, 5) is 55.6. The molecule has 0 bridgehead atoms. The second-order valence-corrected chi connectivity index (χ2v) is 15.7. The minimum atomic E-state index is -4.84. The number of phosphoric ester groups is 1. The lowest BCUT2D eigenvalue weighted by Crippen LogP contribution is -2.29. The molecule has 0 radical (unpaired) electrons. The molecule has 0 aliphatic heterocycles. The number of rotatable bonds is 31. The van der Waals surface area contributed by atoms with E-state index in [4.69, 9.17) is 19.3 Å². The van der Waals surface area contributed by atoms with E-state index in [-0.39, 0.29) is 37.9 Å². The number of carbonyl (C=O) groups is 3. The first-order valence-electron chi connectivity index (χ1n) is 19.5. The van der Waals surface area contributed by atoms with E-state index in [2.05, 4.69) is 25.3 Å². The third kappa shape index (κ3) is 24.3.